The lowest BCUT2D eigenvalue weighted by Crippen LogP contribution is -2.13. The Bertz CT molecular complexity index is 1030. The lowest BCUT2D eigenvalue weighted by Gasteiger charge is -2.09. The van der Waals surface area contributed by atoms with Gasteiger partial charge in [-0.25, -0.2) is 0 Å². The van der Waals surface area contributed by atoms with Crippen molar-refractivity contribution in [2.75, 3.05) is 20.3 Å². The number of rotatable bonds is 8. The minimum absolute atomic E-state index is 0.00914. The highest BCUT2D eigenvalue weighted by Crippen LogP contribution is 2.23. The summed E-state index contributed by atoms with van der Waals surface area (Å²) in [5, 5.41) is 8.89. The second-order valence-corrected chi connectivity index (χ2v) is 6.85. The van der Waals surface area contributed by atoms with Crippen LogP contribution in [0.5, 0.6) is 5.75 Å². The van der Waals surface area contributed by atoms with Crippen molar-refractivity contribution >= 4 is 5.78 Å². The van der Waals surface area contributed by atoms with E-state index in [9.17, 15) is 4.79 Å². The Kier molecular flexibility index (Phi) is 6.48. The molecule has 0 N–H and O–H groups in total. The number of carbonyl (C=O) groups excluding carboxylic acids is 1. The van der Waals surface area contributed by atoms with Gasteiger partial charge in [-0.3, -0.25) is 4.79 Å². The molecule has 0 aliphatic carbocycles. The highest BCUT2D eigenvalue weighted by Gasteiger charge is 2.16. The van der Waals surface area contributed by atoms with Gasteiger partial charge in [0.15, 0.2) is 6.61 Å². The molecule has 1 aromatic heterocycles. The maximum Gasteiger partial charge on any atom is 0.202 e. The van der Waals surface area contributed by atoms with E-state index >= 15 is 0 Å². The van der Waals surface area contributed by atoms with E-state index in [1.54, 1.807) is 19.2 Å². The number of Topliss-reactive ketones (excluding diaryl/α,β-unsaturated/α-hetero) is 1. The summed E-state index contributed by atoms with van der Waals surface area (Å²) in [4.78, 5) is 12.6. The van der Waals surface area contributed by atoms with Crippen LogP contribution in [0.3, 0.4) is 0 Å². The monoisotopic (exact) mass is 388 g/mol. The zero-order valence-electron chi connectivity index (χ0n) is 16.9. The molecule has 0 bridgehead atoms. The van der Waals surface area contributed by atoms with Gasteiger partial charge >= 0.3 is 0 Å². The molecule has 0 saturated heterocycles. The van der Waals surface area contributed by atoms with Gasteiger partial charge < -0.3 is 14.0 Å². The van der Waals surface area contributed by atoms with Crippen molar-refractivity contribution in [1.29, 1.82) is 5.26 Å². The van der Waals surface area contributed by atoms with Crippen molar-refractivity contribution in [3.05, 3.63) is 77.1 Å². The molecule has 0 aliphatic rings. The molecule has 3 aromatic rings. The molecule has 0 unspecified atom stereocenters. The first-order chi connectivity index (χ1) is 14.0. The van der Waals surface area contributed by atoms with Gasteiger partial charge in [0.25, 0.3) is 0 Å². The third-order valence-corrected chi connectivity index (χ3v) is 4.96. The molecule has 1 heterocycles. The van der Waals surface area contributed by atoms with Crippen molar-refractivity contribution in [2.24, 2.45) is 0 Å². The highest BCUT2D eigenvalue weighted by atomic mass is 16.5. The van der Waals surface area contributed by atoms with Crippen LogP contribution in [-0.2, 0) is 11.3 Å². The molecule has 5 heteroatoms. The SMILES string of the molecule is COCCn1c(C)cc(C(=O)COc2ccc(-c3ccc(C#N)cc3)cc2)c1C. The van der Waals surface area contributed by atoms with Crippen molar-refractivity contribution in [2.45, 2.75) is 20.4 Å². The van der Waals surface area contributed by atoms with Gasteiger partial charge in [-0.15, -0.1) is 0 Å². The largest absolute Gasteiger partial charge is 0.485 e. The third-order valence-electron chi connectivity index (χ3n) is 4.96. The van der Waals surface area contributed by atoms with Crippen LogP contribution in [0.25, 0.3) is 11.1 Å². The molecule has 0 saturated carbocycles. The molecular weight excluding hydrogens is 364 g/mol. The van der Waals surface area contributed by atoms with E-state index in [0.29, 0.717) is 23.5 Å². The molecule has 3 rings (SSSR count). The fourth-order valence-electron chi connectivity index (χ4n) is 3.32. The molecule has 0 radical (unpaired) electrons. The number of hydrogen-bond acceptors (Lipinski definition) is 4. The normalized spacial score (nSPS) is 10.6. The predicted molar refractivity (Wildman–Crippen MR) is 112 cm³/mol. The van der Waals surface area contributed by atoms with Gasteiger partial charge in [0, 0.05) is 30.6 Å². The topological polar surface area (TPSA) is 64.2 Å². The second-order valence-electron chi connectivity index (χ2n) is 6.85. The molecule has 2 aromatic carbocycles. The quantitative estimate of drug-likeness (QED) is 0.531. The van der Waals surface area contributed by atoms with Crippen molar-refractivity contribution in [1.82, 2.24) is 4.57 Å². The van der Waals surface area contributed by atoms with Crippen LogP contribution in [-0.4, -0.2) is 30.7 Å². The zero-order valence-corrected chi connectivity index (χ0v) is 16.9. The Hall–Kier alpha value is -3.36. The van der Waals surface area contributed by atoms with Crippen LogP contribution in [0.15, 0.2) is 54.6 Å². The first-order valence-electron chi connectivity index (χ1n) is 9.45. The lowest BCUT2D eigenvalue weighted by atomic mass is 10.0. The maximum atomic E-state index is 12.6. The van der Waals surface area contributed by atoms with E-state index in [0.717, 1.165) is 29.1 Å². The number of carbonyl (C=O) groups is 1. The molecule has 29 heavy (non-hydrogen) atoms. The van der Waals surface area contributed by atoms with Gasteiger partial charge in [-0.1, -0.05) is 24.3 Å². The van der Waals surface area contributed by atoms with Gasteiger partial charge in [-0.05, 0) is 55.3 Å². The number of methoxy groups -OCH3 is 1. The van der Waals surface area contributed by atoms with E-state index in [1.807, 2.05) is 56.3 Å². The van der Waals surface area contributed by atoms with Gasteiger partial charge in [0.2, 0.25) is 5.78 Å². The number of nitriles is 1. The Balaban J connectivity index is 1.64. The fourth-order valence-corrected chi connectivity index (χ4v) is 3.32. The molecule has 0 spiro atoms. The third kappa shape index (κ3) is 4.74. The number of ether oxygens (including phenoxy) is 2. The number of hydrogen-bond donors (Lipinski definition) is 0. The first kappa shape index (κ1) is 20.4. The van der Waals surface area contributed by atoms with E-state index in [-0.39, 0.29) is 12.4 Å². The molecule has 0 aliphatic heterocycles. The summed E-state index contributed by atoms with van der Waals surface area (Å²) in [6, 6.07) is 19.0. The first-order valence-corrected chi connectivity index (χ1v) is 9.45. The standard InChI is InChI=1S/C24H24N2O3/c1-17-14-23(18(2)26(17)12-13-28-3)24(27)16-29-22-10-8-21(9-11-22)20-6-4-19(15-25)5-7-20/h4-11,14H,12-13,16H2,1-3H3. The number of aromatic nitrogens is 1. The summed E-state index contributed by atoms with van der Waals surface area (Å²) < 4.78 is 12.9. The summed E-state index contributed by atoms with van der Waals surface area (Å²) in [5.74, 6) is 0.599. The zero-order chi connectivity index (χ0) is 20.8. The predicted octanol–water partition coefficient (Wildman–Crippen LogP) is 4.55. The number of ketones is 1. The summed E-state index contributed by atoms with van der Waals surface area (Å²) in [5.41, 5.74) is 5.34. The van der Waals surface area contributed by atoms with E-state index in [2.05, 4.69) is 10.6 Å². The minimum atomic E-state index is -0.0436. The Labute approximate surface area is 171 Å². The molecule has 5 nitrogen and oxygen atoms in total. The summed E-state index contributed by atoms with van der Waals surface area (Å²) in [6.07, 6.45) is 0. The van der Waals surface area contributed by atoms with E-state index in [1.165, 1.54) is 0 Å². The van der Waals surface area contributed by atoms with Crippen LogP contribution in [0.4, 0.5) is 0 Å². The summed E-state index contributed by atoms with van der Waals surface area (Å²) in [6.45, 7) is 5.25. The van der Waals surface area contributed by atoms with Crippen LogP contribution in [0.1, 0.15) is 27.3 Å². The fraction of sp³-hybridized carbons (Fsp3) is 0.250. The molecule has 0 amide bonds. The van der Waals surface area contributed by atoms with Crippen LogP contribution in [0.2, 0.25) is 0 Å². The Morgan fingerprint density at radius 3 is 2.24 bits per heavy atom. The van der Waals surface area contributed by atoms with Crippen LogP contribution in [0, 0.1) is 25.2 Å². The average Bonchev–Trinajstić information content (AvgIpc) is 3.04. The lowest BCUT2D eigenvalue weighted by molar-refractivity contribution is 0.0920. The smallest absolute Gasteiger partial charge is 0.202 e. The Morgan fingerprint density at radius 2 is 1.66 bits per heavy atom. The van der Waals surface area contributed by atoms with E-state index in [4.69, 9.17) is 14.7 Å². The van der Waals surface area contributed by atoms with Crippen molar-refractivity contribution in [3.63, 3.8) is 0 Å². The number of benzene rings is 2. The molecule has 0 fully saturated rings. The summed E-state index contributed by atoms with van der Waals surface area (Å²) in [7, 11) is 1.67. The minimum Gasteiger partial charge on any atom is -0.485 e. The number of aryl methyl sites for hydroxylation is 1. The molecule has 148 valence electrons. The van der Waals surface area contributed by atoms with Crippen molar-refractivity contribution in [3.8, 4) is 22.9 Å². The highest BCUT2D eigenvalue weighted by molar-refractivity contribution is 5.98. The van der Waals surface area contributed by atoms with Gasteiger partial charge in [0.05, 0.1) is 18.2 Å². The molecule has 0 atom stereocenters. The van der Waals surface area contributed by atoms with Crippen LogP contribution >= 0.6 is 0 Å². The second kappa shape index (κ2) is 9.22. The van der Waals surface area contributed by atoms with Gasteiger partial charge in [-0.2, -0.15) is 5.26 Å². The number of nitrogens with zero attached hydrogens (tertiary/aromatic N) is 2. The average molecular weight is 388 g/mol. The van der Waals surface area contributed by atoms with Crippen LogP contribution < -0.4 is 4.74 Å². The van der Waals surface area contributed by atoms with E-state index < -0.39 is 0 Å². The van der Waals surface area contributed by atoms with Crippen molar-refractivity contribution < 1.29 is 14.3 Å². The van der Waals surface area contributed by atoms with Gasteiger partial charge in [0.1, 0.15) is 5.75 Å². The molecular formula is C24H24N2O3. The maximum absolute atomic E-state index is 12.6. The Morgan fingerprint density at radius 1 is 1.03 bits per heavy atom. The summed E-state index contributed by atoms with van der Waals surface area (Å²) >= 11 is 0.